The van der Waals surface area contributed by atoms with Gasteiger partial charge in [0.25, 0.3) is 0 Å². The van der Waals surface area contributed by atoms with E-state index in [4.69, 9.17) is 0 Å². The molecule has 0 radical (unpaired) electrons. The molecule has 0 aromatic carbocycles. The van der Waals surface area contributed by atoms with Crippen molar-refractivity contribution in [3.8, 4) is 0 Å². The topological polar surface area (TPSA) is 61.3 Å². The van der Waals surface area contributed by atoms with Gasteiger partial charge in [0.05, 0.1) is 5.39 Å². The number of hydrogen-bond acceptors (Lipinski definition) is 6. The van der Waals surface area contributed by atoms with Gasteiger partial charge in [-0.3, -0.25) is 0 Å². The third-order valence-corrected chi connectivity index (χ3v) is 6.94. The highest BCUT2D eigenvalue weighted by Crippen LogP contribution is 2.40. The molecule has 2 aliphatic rings. The Morgan fingerprint density at radius 2 is 2.17 bits per heavy atom. The van der Waals surface area contributed by atoms with Crippen LogP contribution in [0, 0.1) is 5.92 Å². The van der Waals surface area contributed by atoms with E-state index in [9.17, 15) is 5.11 Å². The molecule has 1 fully saturated rings. The fourth-order valence-electron chi connectivity index (χ4n) is 4.31. The minimum Gasteiger partial charge on any atom is -0.396 e. The van der Waals surface area contributed by atoms with Crippen LogP contribution in [0.2, 0.25) is 0 Å². The minimum atomic E-state index is 0.234. The SMILES string of the molecule is CN(C)[C@@H]1CCC(Nc2ncnc3sc4c(c23)CCC4)C(CO)C1. The second-order valence-corrected chi connectivity index (χ2v) is 8.47. The Bertz CT molecular complexity index is 729. The number of aliphatic hydroxyl groups is 1. The van der Waals surface area contributed by atoms with E-state index in [0.29, 0.717) is 12.1 Å². The molecule has 0 aliphatic heterocycles. The van der Waals surface area contributed by atoms with Gasteiger partial charge in [-0.05, 0) is 58.2 Å². The maximum absolute atomic E-state index is 9.88. The summed E-state index contributed by atoms with van der Waals surface area (Å²) in [6.45, 7) is 0.234. The second kappa shape index (κ2) is 6.58. The molecule has 3 atom stereocenters. The van der Waals surface area contributed by atoms with Crippen molar-refractivity contribution in [2.75, 3.05) is 26.0 Å². The van der Waals surface area contributed by atoms with Crippen molar-refractivity contribution in [1.29, 1.82) is 0 Å². The van der Waals surface area contributed by atoms with Gasteiger partial charge in [-0.15, -0.1) is 11.3 Å². The molecule has 2 aromatic rings. The lowest BCUT2D eigenvalue weighted by Crippen LogP contribution is -2.43. The number of fused-ring (bicyclic) bond motifs is 3. The number of aromatic nitrogens is 2. The highest BCUT2D eigenvalue weighted by molar-refractivity contribution is 7.19. The van der Waals surface area contributed by atoms with E-state index in [1.54, 1.807) is 6.33 Å². The number of nitrogens with one attached hydrogen (secondary N) is 1. The first-order valence-electron chi connectivity index (χ1n) is 8.96. The van der Waals surface area contributed by atoms with Crippen LogP contribution in [0.25, 0.3) is 10.2 Å². The lowest BCUT2D eigenvalue weighted by molar-refractivity contribution is 0.121. The van der Waals surface area contributed by atoms with Gasteiger partial charge in [-0.2, -0.15) is 0 Å². The van der Waals surface area contributed by atoms with Crippen LogP contribution in [0.5, 0.6) is 0 Å². The summed E-state index contributed by atoms with van der Waals surface area (Å²) in [5.41, 5.74) is 1.46. The predicted octanol–water partition coefficient (Wildman–Crippen LogP) is 2.68. The van der Waals surface area contributed by atoms with Crippen LogP contribution in [0.15, 0.2) is 6.33 Å². The van der Waals surface area contributed by atoms with Crippen molar-refractivity contribution in [3.63, 3.8) is 0 Å². The second-order valence-electron chi connectivity index (χ2n) is 7.38. The molecule has 0 bridgehead atoms. The summed E-state index contributed by atoms with van der Waals surface area (Å²) >= 11 is 1.83. The lowest BCUT2D eigenvalue weighted by Gasteiger charge is -2.38. The summed E-state index contributed by atoms with van der Waals surface area (Å²) in [6.07, 6.45) is 8.53. The highest BCUT2D eigenvalue weighted by atomic mass is 32.1. The third kappa shape index (κ3) is 2.80. The van der Waals surface area contributed by atoms with Crippen LogP contribution in [0.3, 0.4) is 0 Å². The summed E-state index contributed by atoms with van der Waals surface area (Å²) in [4.78, 5) is 13.9. The molecular formula is C18H26N4OS. The van der Waals surface area contributed by atoms with E-state index in [-0.39, 0.29) is 12.5 Å². The van der Waals surface area contributed by atoms with Crippen molar-refractivity contribution in [2.24, 2.45) is 5.92 Å². The number of aryl methyl sites for hydroxylation is 2. The van der Waals surface area contributed by atoms with Crippen molar-refractivity contribution in [2.45, 2.75) is 50.6 Å². The molecular weight excluding hydrogens is 320 g/mol. The molecule has 0 amide bonds. The Morgan fingerprint density at radius 1 is 1.29 bits per heavy atom. The normalized spacial score (nSPS) is 26.9. The van der Waals surface area contributed by atoms with Crippen LogP contribution in [0.1, 0.15) is 36.1 Å². The molecule has 5 nitrogen and oxygen atoms in total. The fourth-order valence-corrected chi connectivity index (χ4v) is 5.54. The van der Waals surface area contributed by atoms with E-state index in [2.05, 4.69) is 34.3 Å². The Balaban J connectivity index is 1.60. The maximum atomic E-state index is 9.88. The lowest BCUT2D eigenvalue weighted by atomic mass is 9.81. The van der Waals surface area contributed by atoms with E-state index in [1.165, 1.54) is 28.7 Å². The number of thiophene rings is 1. The molecule has 130 valence electrons. The molecule has 4 rings (SSSR count). The van der Waals surface area contributed by atoms with Gasteiger partial charge in [0, 0.05) is 29.5 Å². The van der Waals surface area contributed by atoms with Gasteiger partial charge >= 0.3 is 0 Å². The van der Waals surface area contributed by atoms with Crippen LogP contribution < -0.4 is 5.32 Å². The van der Waals surface area contributed by atoms with Gasteiger partial charge in [0.1, 0.15) is 17.0 Å². The molecule has 24 heavy (non-hydrogen) atoms. The average Bonchev–Trinajstić information content (AvgIpc) is 3.16. The Kier molecular flexibility index (Phi) is 4.45. The third-order valence-electron chi connectivity index (χ3n) is 5.74. The zero-order valence-electron chi connectivity index (χ0n) is 14.5. The number of hydrogen-bond donors (Lipinski definition) is 2. The molecule has 0 saturated heterocycles. The maximum Gasteiger partial charge on any atom is 0.138 e. The van der Waals surface area contributed by atoms with Gasteiger partial charge in [-0.25, -0.2) is 9.97 Å². The molecule has 2 heterocycles. The van der Waals surface area contributed by atoms with Crippen molar-refractivity contribution < 1.29 is 5.11 Å². The van der Waals surface area contributed by atoms with Gasteiger partial charge in [-0.1, -0.05) is 0 Å². The van der Waals surface area contributed by atoms with Crippen LogP contribution in [-0.2, 0) is 12.8 Å². The Hall–Kier alpha value is -1.24. The first kappa shape index (κ1) is 16.2. The molecule has 2 aromatic heterocycles. The molecule has 6 heteroatoms. The minimum absolute atomic E-state index is 0.234. The number of nitrogens with zero attached hydrogens (tertiary/aromatic N) is 3. The van der Waals surface area contributed by atoms with Crippen LogP contribution in [-0.4, -0.2) is 52.8 Å². The zero-order valence-corrected chi connectivity index (χ0v) is 15.3. The van der Waals surface area contributed by atoms with E-state index >= 15 is 0 Å². The summed E-state index contributed by atoms with van der Waals surface area (Å²) in [6, 6.07) is 0.859. The molecule has 2 N–H and O–H groups in total. The first-order chi connectivity index (χ1) is 11.7. The van der Waals surface area contributed by atoms with Crippen LogP contribution in [0.4, 0.5) is 5.82 Å². The van der Waals surface area contributed by atoms with E-state index in [0.717, 1.165) is 36.3 Å². The smallest absolute Gasteiger partial charge is 0.138 e. The van der Waals surface area contributed by atoms with Gasteiger partial charge < -0.3 is 15.3 Å². The summed E-state index contributed by atoms with van der Waals surface area (Å²) in [7, 11) is 4.27. The van der Waals surface area contributed by atoms with Gasteiger partial charge in [0.2, 0.25) is 0 Å². The van der Waals surface area contributed by atoms with Crippen molar-refractivity contribution in [3.05, 3.63) is 16.8 Å². The number of rotatable bonds is 4. The average molecular weight is 347 g/mol. The number of anilines is 1. The van der Waals surface area contributed by atoms with E-state index in [1.807, 2.05) is 11.3 Å². The molecule has 0 spiro atoms. The van der Waals surface area contributed by atoms with E-state index < -0.39 is 0 Å². The summed E-state index contributed by atoms with van der Waals surface area (Å²) in [5.74, 6) is 1.26. The molecule has 1 saturated carbocycles. The quantitative estimate of drug-likeness (QED) is 0.891. The largest absolute Gasteiger partial charge is 0.396 e. The predicted molar refractivity (Wildman–Crippen MR) is 98.8 cm³/mol. The monoisotopic (exact) mass is 346 g/mol. The number of aliphatic hydroxyl groups excluding tert-OH is 1. The fraction of sp³-hybridized carbons (Fsp3) is 0.667. The summed E-state index contributed by atoms with van der Waals surface area (Å²) in [5, 5.41) is 14.8. The Morgan fingerprint density at radius 3 is 2.96 bits per heavy atom. The van der Waals surface area contributed by atoms with Crippen molar-refractivity contribution >= 4 is 27.4 Å². The molecule has 2 aliphatic carbocycles. The Labute approximate surface area is 147 Å². The van der Waals surface area contributed by atoms with Gasteiger partial charge in [0.15, 0.2) is 0 Å². The first-order valence-corrected chi connectivity index (χ1v) is 9.78. The highest BCUT2D eigenvalue weighted by Gasteiger charge is 2.32. The van der Waals surface area contributed by atoms with Crippen LogP contribution >= 0.6 is 11.3 Å². The summed E-state index contributed by atoms with van der Waals surface area (Å²) < 4.78 is 0. The standard InChI is InChI=1S/C18H26N4OS/c1-22(2)12-6-7-14(11(8-12)9-23)21-17-16-13-4-3-5-15(13)24-18(16)20-10-19-17/h10-12,14,23H,3-9H2,1-2H3,(H,19,20,21)/t11?,12-,14?/m1/s1. The van der Waals surface area contributed by atoms with Crippen molar-refractivity contribution in [1.82, 2.24) is 14.9 Å². The zero-order chi connectivity index (χ0) is 16.7. The molecule has 2 unspecified atom stereocenters.